The lowest BCUT2D eigenvalue weighted by Crippen LogP contribution is -2.49. The number of ether oxygens (including phenoxy) is 2. The standard InChI is InChI=1S/C19H16F3NO6/c1-28-14-9-10(18(27,17(26)29-2)19(20,21)22)7-8-13(14)23-15(24)11-5-3-4-6-12(11)16(23)25/h3-9,11-12,27H,1-2H3/t11-,12+,18-/m1/s1. The molecule has 1 saturated heterocycles. The SMILES string of the molecule is COC(=O)[C@](O)(c1ccc(N2C(=O)[C@H]3C=CC=C[C@H]3C2=O)c(OC)c1)C(F)(F)F. The maximum absolute atomic E-state index is 13.5. The number of esters is 1. The number of amides is 2. The van der Waals surface area contributed by atoms with E-state index in [0.29, 0.717) is 7.11 Å². The third kappa shape index (κ3) is 3.00. The highest BCUT2D eigenvalue weighted by atomic mass is 19.4. The number of halogens is 3. The van der Waals surface area contributed by atoms with Gasteiger partial charge in [0, 0.05) is 5.56 Å². The molecule has 1 fully saturated rings. The normalized spacial score (nSPS) is 23.0. The Bertz CT molecular complexity index is 908. The van der Waals surface area contributed by atoms with Crippen LogP contribution in [-0.4, -0.2) is 43.3 Å². The fraction of sp³-hybridized carbons (Fsp3) is 0.316. The molecule has 1 aromatic carbocycles. The molecule has 1 aromatic rings. The molecule has 154 valence electrons. The lowest BCUT2D eigenvalue weighted by molar-refractivity contribution is -0.266. The van der Waals surface area contributed by atoms with E-state index in [1.807, 2.05) is 0 Å². The number of benzene rings is 1. The molecule has 0 unspecified atom stereocenters. The zero-order chi connectivity index (χ0) is 21.6. The minimum Gasteiger partial charge on any atom is -0.495 e. The van der Waals surface area contributed by atoms with Gasteiger partial charge in [-0.15, -0.1) is 0 Å². The van der Waals surface area contributed by atoms with Crippen LogP contribution in [0.3, 0.4) is 0 Å². The van der Waals surface area contributed by atoms with Crippen LogP contribution in [0.25, 0.3) is 0 Å². The van der Waals surface area contributed by atoms with Gasteiger partial charge in [0.05, 0.1) is 31.7 Å². The molecule has 1 aliphatic carbocycles. The molecule has 3 rings (SSSR count). The first-order valence-electron chi connectivity index (χ1n) is 8.36. The number of fused-ring (bicyclic) bond motifs is 1. The van der Waals surface area contributed by atoms with Gasteiger partial charge in [-0.1, -0.05) is 30.4 Å². The van der Waals surface area contributed by atoms with Crippen molar-refractivity contribution in [2.75, 3.05) is 19.1 Å². The molecule has 7 nitrogen and oxygen atoms in total. The Morgan fingerprint density at radius 1 is 1.07 bits per heavy atom. The topological polar surface area (TPSA) is 93.1 Å². The maximum Gasteiger partial charge on any atom is 0.432 e. The van der Waals surface area contributed by atoms with Gasteiger partial charge in [0.2, 0.25) is 11.8 Å². The first-order chi connectivity index (χ1) is 13.6. The predicted molar refractivity (Wildman–Crippen MR) is 92.7 cm³/mol. The first kappa shape index (κ1) is 20.6. The van der Waals surface area contributed by atoms with Crippen molar-refractivity contribution >= 4 is 23.5 Å². The van der Waals surface area contributed by atoms with E-state index in [2.05, 4.69) is 4.74 Å². The Morgan fingerprint density at radius 2 is 1.62 bits per heavy atom. The molecule has 10 heteroatoms. The van der Waals surface area contributed by atoms with E-state index in [1.165, 1.54) is 0 Å². The van der Waals surface area contributed by atoms with Gasteiger partial charge >= 0.3 is 12.1 Å². The van der Waals surface area contributed by atoms with Crippen molar-refractivity contribution < 1.29 is 42.1 Å². The molecule has 1 aliphatic heterocycles. The summed E-state index contributed by atoms with van der Waals surface area (Å²) < 4.78 is 49.6. The summed E-state index contributed by atoms with van der Waals surface area (Å²) in [6.07, 6.45) is 0.971. The van der Waals surface area contributed by atoms with Crippen molar-refractivity contribution in [3.63, 3.8) is 0 Å². The molecule has 3 atom stereocenters. The van der Waals surface area contributed by atoms with E-state index < -0.39 is 47.0 Å². The van der Waals surface area contributed by atoms with Crippen molar-refractivity contribution in [1.29, 1.82) is 0 Å². The second-order valence-corrected chi connectivity index (χ2v) is 6.42. The second kappa shape index (κ2) is 7.03. The van der Waals surface area contributed by atoms with Crippen LogP contribution in [0, 0.1) is 11.8 Å². The number of hydrogen-bond donors (Lipinski definition) is 1. The van der Waals surface area contributed by atoms with Gasteiger partial charge in [-0.05, 0) is 12.1 Å². The highest BCUT2D eigenvalue weighted by Crippen LogP contribution is 2.44. The molecule has 0 saturated carbocycles. The lowest BCUT2D eigenvalue weighted by Gasteiger charge is -2.29. The highest BCUT2D eigenvalue weighted by Gasteiger charge is 2.62. The fourth-order valence-corrected chi connectivity index (χ4v) is 3.36. The van der Waals surface area contributed by atoms with E-state index in [1.54, 1.807) is 24.3 Å². The van der Waals surface area contributed by atoms with E-state index in [-0.39, 0.29) is 11.4 Å². The number of allylic oxidation sites excluding steroid dienone is 2. The number of rotatable bonds is 4. The lowest BCUT2D eigenvalue weighted by atomic mass is 9.91. The fourth-order valence-electron chi connectivity index (χ4n) is 3.36. The molecule has 0 bridgehead atoms. The zero-order valence-electron chi connectivity index (χ0n) is 15.3. The van der Waals surface area contributed by atoms with Crippen molar-refractivity contribution in [3.05, 3.63) is 48.1 Å². The third-order valence-corrected chi connectivity index (χ3v) is 4.88. The molecule has 1 heterocycles. The van der Waals surface area contributed by atoms with Gasteiger partial charge in [0.1, 0.15) is 5.75 Å². The number of methoxy groups -OCH3 is 2. The number of aliphatic hydroxyl groups is 1. The number of hydrogen-bond acceptors (Lipinski definition) is 6. The number of anilines is 1. The minimum atomic E-state index is -5.39. The molecule has 0 spiro atoms. The number of carbonyl (C=O) groups excluding carboxylic acids is 3. The van der Waals surface area contributed by atoms with Crippen LogP contribution in [0.5, 0.6) is 5.75 Å². The van der Waals surface area contributed by atoms with Gasteiger partial charge in [-0.2, -0.15) is 13.2 Å². The number of imide groups is 1. The van der Waals surface area contributed by atoms with Crippen molar-refractivity contribution in [1.82, 2.24) is 0 Å². The molecule has 0 radical (unpaired) electrons. The van der Waals surface area contributed by atoms with Crippen LogP contribution in [0.1, 0.15) is 5.56 Å². The quantitative estimate of drug-likeness (QED) is 0.601. The largest absolute Gasteiger partial charge is 0.495 e. The summed E-state index contributed by atoms with van der Waals surface area (Å²) in [6.45, 7) is 0. The van der Waals surface area contributed by atoms with Crippen LogP contribution in [0.2, 0.25) is 0 Å². The molecular formula is C19H16F3NO6. The summed E-state index contributed by atoms with van der Waals surface area (Å²) in [6, 6.07) is 2.54. The molecular weight excluding hydrogens is 395 g/mol. The molecule has 1 N–H and O–H groups in total. The summed E-state index contributed by atoms with van der Waals surface area (Å²) in [7, 11) is 1.82. The van der Waals surface area contributed by atoms with Crippen LogP contribution < -0.4 is 9.64 Å². The summed E-state index contributed by atoms with van der Waals surface area (Å²) in [5.41, 5.74) is -4.93. The summed E-state index contributed by atoms with van der Waals surface area (Å²) in [5, 5.41) is 10.1. The minimum absolute atomic E-state index is 0.100. The summed E-state index contributed by atoms with van der Waals surface area (Å²) >= 11 is 0. The van der Waals surface area contributed by atoms with Gasteiger partial charge in [-0.25, -0.2) is 9.69 Å². The second-order valence-electron chi connectivity index (χ2n) is 6.42. The predicted octanol–water partition coefficient (Wildman–Crippen LogP) is 1.85. The molecule has 2 aliphatic rings. The Morgan fingerprint density at radius 3 is 2.07 bits per heavy atom. The van der Waals surface area contributed by atoms with Gasteiger partial charge in [0.25, 0.3) is 5.60 Å². The Balaban J connectivity index is 2.10. The molecule has 0 aromatic heterocycles. The Kier molecular flexibility index (Phi) is 4.99. The van der Waals surface area contributed by atoms with E-state index in [0.717, 1.165) is 30.2 Å². The number of alkyl halides is 3. The first-order valence-corrected chi connectivity index (χ1v) is 8.36. The highest BCUT2D eigenvalue weighted by molar-refractivity contribution is 6.24. The average molecular weight is 411 g/mol. The van der Waals surface area contributed by atoms with Crippen molar-refractivity contribution in [2.24, 2.45) is 11.8 Å². The number of carbonyl (C=O) groups is 3. The zero-order valence-corrected chi connectivity index (χ0v) is 15.3. The average Bonchev–Trinajstić information content (AvgIpc) is 2.96. The van der Waals surface area contributed by atoms with Gasteiger partial charge in [0.15, 0.2) is 0 Å². The van der Waals surface area contributed by atoms with Crippen molar-refractivity contribution in [2.45, 2.75) is 11.8 Å². The van der Waals surface area contributed by atoms with Gasteiger partial charge in [-0.3, -0.25) is 9.59 Å². The molecule has 29 heavy (non-hydrogen) atoms. The maximum atomic E-state index is 13.5. The van der Waals surface area contributed by atoms with Crippen LogP contribution >= 0.6 is 0 Å². The van der Waals surface area contributed by atoms with Crippen LogP contribution in [0.15, 0.2) is 42.5 Å². The van der Waals surface area contributed by atoms with E-state index in [4.69, 9.17) is 4.74 Å². The van der Waals surface area contributed by atoms with Crippen molar-refractivity contribution in [3.8, 4) is 5.75 Å². The molecule has 2 amide bonds. The Hall–Kier alpha value is -3.14. The smallest absolute Gasteiger partial charge is 0.432 e. The summed E-state index contributed by atoms with van der Waals surface area (Å²) in [5.74, 6) is -4.81. The van der Waals surface area contributed by atoms with Gasteiger partial charge < -0.3 is 14.6 Å². The number of nitrogens with zero attached hydrogens (tertiary/aromatic N) is 1. The van der Waals surface area contributed by atoms with E-state index in [9.17, 15) is 32.7 Å². The monoisotopic (exact) mass is 411 g/mol. The third-order valence-electron chi connectivity index (χ3n) is 4.88. The summed E-state index contributed by atoms with van der Waals surface area (Å²) in [4.78, 5) is 37.9. The van der Waals surface area contributed by atoms with E-state index >= 15 is 0 Å². The Labute approximate surface area is 163 Å². The van der Waals surface area contributed by atoms with Crippen LogP contribution in [0.4, 0.5) is 18.9 Å². The van der Waals surface area contributed by atoms with Crippen LogP contribution in [-0.2, 0) is 24.7 Å².